The van der Waals surface area contributed by atoms with Crippen LogP contribution in [0.3, 0.4) is 0 Å². The van der Waals surface area contributed by atoms with E-state index in [9.17, 15) is 8.42 Å². The summed E-state index contributed by atoms with van der Waals surface area (Å²) in [7, 11) is -3.60. The summed E-state index contributed by atoms with van der Waals surface area (Å²) in [5.74, 6) is 0. The largest absolute Gasteiger partial charge is 0.276 e. The lowest BCUT2D eigenvalue weighted by molar-refractivity contribution is 0.311. The molecule has 0 spiro atoms. The van der Waals surface area contributed by atoms with Crippen molar-refractivity contribution in [1.82, 2.24) is 0 Å². The Morgan fingerprint density at radius 3 is 2.41 bits per heavy atom. The van der Waals surface area contributed by atoms with Gasteiger partial charge in [0.05, 0.1) is 6.61 Å². The first-order valence-electron chi connectivity index (χ1n) is 5.45. The minimum absolute atomic E-state index is 0.156. The average Bonchev–Trinajstić information content (AvgIpc) is 2.30. The second kappa shape index (κ2) is 5.47. The van der Waals surface area contributed by atoms with E-state index in [2.05, 4.69) is 6.58 Å². The molecule has 3 nitrogen and oxygen atoms in total. The monoisotopic (exact) mass is 254 g/mol. The molecule has 0 aliphatic heterocycles. The number of benzene rings is 1. The van der Waals surface area contributed by atoms with E-state index in [0.717, 1.165) is 5.56 Å². The van der Waals surface area contributed by atoms with Crippen LogP contribution in [0, 0.1) is 0 Å². The normalized spacial score (nSPS) is 12.4. The molecule has 4 heteroatoms. The van der Waals surface area contributed by atoms with Crippen LogP contribution in [-0.2, 0) is 20.7 Å². The van der Waals surface area contributed by atoms with E-state index in [1.165, 1.54) is 6.08 Å². The van der Waals surface area contributed by atoms with E-state index in [0.29, 0.717) is 6.42 Å². The molecule has 0 radical (unpaired) electrons. The van der Waals surface area contributed by atoms with Crippen LogP contribution in [-0.4, -0.2) is 19.8 Å². The third kappa shape index (κ3) is 3.68. The maximum Gasteiger partial charge on any atom is 0.276 e. The van der Waals surface area contributed by atoms with Crippen molar-refractivity contribution in [3.05, 3.63) is 48.6 Å². The van der Waals surface area contributed by atoms with E-state index in [1.54, 1.807) is 13.8 Å². The van der Waals surface area contributed by atoms with E-state index in [4.69, 9.17) is 4.18 Å². The van der Waals surface area contributed by atoms with Gasteiger partial charge in [0.1, 0.15) is 4.75 Å². The zero-order valence-corrected chi connectivity index (χ0v) is 11.0. The molecule has 0 aliphatic carbocycles. The van der Waals surface area contributed by atoms with Crippen molar-refractivity contribution in [2.75, 3.05) is 6.61 Å². The van der Waals surface area contributed by atoms with Crippen LogP contribution < -0.4 is 0 Å². The second-order valence-corrected chi connectivity index (χ2v) is 6.52. The average molecular weight is 254 g/mol. The van der Waals surface area contributed by atoms with Gasteiger partial charge in [-0.1, -0.05) is 36.4 Å². The molecule has 94 valence electrons. The maximum absolute atomic E-state index is 11.8. The van der Waals surface area contributed by atoms with Crippen molar-refractivity contribution in [2.24, 2.45) is 0 Å². The summed E-state index contributed by atoms with van der Waals surface area (Å²) < 4.78 is 27.5. The van der Waals surface area contributed by atoms with Crippen LogP contribution in [0.2, 0.25) is 0 Å². The third-order valence-electron chi connectivity index (χ3n) is 2.61. The van der Waals surface area contributed by atoms with E-state index in [-0.39, 0.29) is 6.61 Å². The van der Waals surface area contributed by atoms with Crippen molar-refractivity contribution < 1.29 is 12.6 Å². The van der Waals surface area contributed by atoms with Gasteiger partial charge < -0.3 is 0 Å². The Morgan fingerprint density at radius 1 is 1.29 bits per heavy atom. The van der Waals surface area contributed by atoms with Crippen molar-refractivity contribution in [2.45, 2.75) is 25.0 Å². The number of hydrogen-bond donors (Lipinski definition) is 0. The molecule has 0 amide bonds. The van der Waals surface area contributed by atoms with Gasteiger partial charge in [0, 0.05) is 0 Å². The first-order chi connectivity index (χ1) is 7.89. The molecule has 0 saturated carbocycles. The Balaban J connectivity index is 2.55. The van der Waals surface area contributed by atoms with Crippen LogP contribution in [0.15, 0.2) is 43.0 Å². The quantitative estimate of drug-likeness (QED) is 0.579. The molecule has 0 unspecified atom stereocenters. The Kier molecular flexibility index (Phi) is 4.48. The molecule has 0 bridgehead atoms. The van der Waals surface area contributed by atoms with Crippen molar-refractivity contribution in [1.29, 1.82) is 0 Å². The summed E-state index contributed by atoms with van der Waals surface area (Å²) in [6.45, 7) is 6.80. The fraction of sp³-hybridized carbons (Fsp3) is 0.385. The lowest BCUT2D eigenvalue weighted by atomic mass is 10.2. The summed E-state index contributed by atoms with van der Waals surface area (Å²) in [5, 5.41) is 0. The summed E-state index contributed by atoms with van der Waals surface area (Å²) in [6.07, 6.45) is 1.96. The standard InChI is InChI=1S/C13H18O3S/c1-4-13(2,3)17(14,15)16-11-10-12-8-6-5-7-9-12/h4-9H,1,10-11H2,2-3H3. The molecule has 0 heterocycles. The molecule has 0 saturated heterocycles. The summed E-state index contributed by atoms with van der Waals surface area (Å²) >= 11 is 0. The first-order valence-corrected chi connectivity index (χ1v) is 6.86. The molecule has 0 atom stereocenters. The Morgan fingerprint density at radius 2 is 1.88 bits per heavy atom. The van der Waals surface area contributed by atoms with Crippen LogP contribution >= 0.6 is 0 Å². The summed E-state index contributed by atoms with van der Waals surface area (Å²) in [4.78, 5) is 0. The SMILES string of the molecule is C=CC(C)(C)S(=O)(=O)OCCc1ccccc1. The van der Waals surface area contributed by atoms with E-state index < -0.39 is 14.9 Å². The lowest BCUT2D eigenvalue weighted by Gasteiger charge is -2.19. The van der Waals surface area contributed by atoms with Gasteiger partial charge in [-0.05, 0) is 25.8 Å². The van der Waals surface area contributed by atoms with Crippen LogP contribution in [0.4, 0.5) is 0 Å². The van der Waals surface area contributed by atoms with Gasteiger partial charge in [0.2, 0.25) is 0 Å². The maximum atomic E-state index is 11.8. The third-order valence-corrected chi connectivity index (χ3v) is 4.54. The summed E-state index contributed by atoms with van der Waals surface area (Å²) in [5.41, 5.74) is 1.05. The second-order valence-electron chi connectivity index (χ2n) is 4.32. The topological polar surface area (TPSA) is 43.4 Å². The molecule has 0 aliphatic rings. The molecule has 17 heavy (non-hydrogen) atoms. The van der Waals surface area contributed by atoms with Crippen LogP contribution in [0.25, 0.3) is 0 Å². The van der Waals surface area contributed by atoms with Gasteiger partial charge in [-0.3, -0.25) is 4.18 Å². The van der Waals surface area contributed by atoms with Crippen molar-refractivity contribution >= 4 is 10.1 Å². The Bertz CT molecular complexity index is 461. The molecule has 0 N–H and O–H groups in total. The predicted molar refractivity (Wildman–Crippen MR) is 69.3 cm³/mol. The first kappa shape index (κ1) is 13.9. The highest BCUT2D eigenvalue weighted by Gasteiger charge is 2.31. The molecule has 1 rings (SSSR count). The lowest BCUT2D eigenvalue weighted by Crippen LogP contribution is -2.31. The smallest absolute Gasteiger partial charge is 0.269 e. The molecular weight excluding hydrogens is 236 g/mol. The van der Waals surface area contributed by atoms with Crippen molar-refractivity contribution in [3.8, 4) is 0 Å². The highest BCUT2D eigenvalue weighted by Crippen LogP contribution is 2.19. The fourth-order valence-electron chi connectivity index (χ4n) is 1.17. The minimum atomic E-state index is -3.60. The fourth-order valence-corrected chi connectivity index (χ4v) is 1.98. The van der Waals surface area contributed by atoms with Crippen LogP contribution in [0.5, 0.6) is 0 Å². The van der Waals surface area contributed by atoms with Gasteiger partial charge in [0.15, 0.2) is 0 Å². The van der Waals surface area contributed by atoms with E-state index in [1.807, 2.05) is 30.3 Å². The zero-order chi connectivity index (χ0) is 12.9. The zero-order valence-electron chi connectivity index (χ0n) is 10.2. The molecule has 0 fully saturated rings. The van der Waals surface area contributed by atoms with Gasteiger partial charge in [-0.25, -0.2) is 0 Å². The van der Waals surface area contributed by atoms with Gasteiger partial charge >= 0.3 is 0 Å². The highest BCUT2D eigenvalue weighted by molar-refractivity contribution is 7.88. The van der Waals surface area contributed by atoms with Gasteiger partial charge in [-0.2, -0.15) is 8.42 Å². The number of hydrogen-bond acceptors (Lipinski definition) is 3. The summed E-state index contributed by atoms with van der Waals surface area (Å²) in [6, 6.07) is 9.63. The molecular formula is C13H18O3S. The molecule has 1 aromatic rings. The van der Waals surface area contributed by atoms with Crippen molar-refractivity contribution in [3.63, 3.8) is 0 Å². The van der Waals surface area contributed by atoms with Gasteiger partial charge in [-0.15, -0.1) is 6.58 Å². The Hall–Kier alpha value is -1.13. The van der Waals surface area contributed by atoms with Crippen LogP contribution in [0.1, 0.15) is 19.4 Å². The molecule has 1 aromatic carbocycles. The Labute approximate surface area is 103 Å². The van der Waals surface area contributed by atoms with E-state index >= 15 is 0 Å². The van der Waals surface area contributed by atoms with Gasteiger partial charge in [0.25, 0.3) is 10.1 Å². The predicted octanol–water partition coefficient (Wildman–Crippen LogP) is 2.54. The highest BCUT2D eigenvalue weighted by atomic mass is 32.2. The molecule has 0 aromatic heterocycles. The minimum Gasteiger partial charge on any atom is -0.269 e. The number of rotatable bonds is 6.